The van der Waals surface area contributed by atoms with Crippen molar-refractivity contribution in [3.63, 3.8) is 0 Å². The normalized spacial score (nSPS) is 11.5. The van der Waals surface area contributed by atoms with Gasteiger partial charge in [-0.25, -0.2) is 0 Å². The fourth-order valence-electron chi connectivity index (χ4n) is 2.15. The first kappa shape index (κ1) is 22.5. The highest BCUT2D eigenvalue weighted by Gasteiger charge is 2.03. The summed E-state index contributed by atoms with van der Waals surface area (Å²) in [5.74, 6) is 0.893. The summed E-state index contributed by atoms with van der Waals surface area (Å²) in [7, 11) is 0. The van der Waals surface area contributed by atoms with E-state index in [-0.39, 0.29) is 0 Å². The molecule has 1 atom stereocenters. The minimum absolute atomic E-state index is 0.536. The van der Waals surface area contributed by atoms with Crippen molar-refractivity contribution in [2.45, 2.75) is 79.1 Å². The first-order chi connectivity index (χ1) is 10.1. The molecule has 3 N–H and O–H groups in total. The molecule has 4 nitrogen and oxygen atoms in total. The topological polar surface area (TPSA) is 71.0 Å². The Morgan fingerprint density at radius 2 is 1.67 bits per heavy atom. The van der Waals surface area contributed by atoms with Crippen LogP contribution in [-0.2, 0) is 0 Å². The van der Waals surface area contributed by atoms with E-state index in [1.54, 1.807) is 0 Å². The summed E-state index contributed by atoms with van der Waals surface area (Å²) < 4.78 is 0. The Morgan fingerprint density at radius 3 is 2.05 bits per heavy atom. The number of rotatable bonds is 11. The van der Waals surface area contributed by atoms with E-state index in [1.165, 1.54) is 43.4 Å². The lowest BCUT2D eigenvalue weighted by molar-refractivity contribution is -0.379. The van der Waals surface area contributed by atoms with E-state index in [2.05, 4.69) is 26.5 Å². The number of unbranched alkanes of at least 4 members (excludes halogenated alkanes) is 4. The molecule has 0 spiro atoms. The van der Waals surface area contributed by atoms with E-state index >= 15 is 0 Å². The summed E-state index contributed by atoms with van der Waals surface area (Å²) in [4.78, 5) is 11.8. The number of nitrogens with zero attached hydrogens (tertiary/aromatic N) is 1. The van der Waals surface area contributed by atoms with E-state index in [0.29, 0.717) is 13.1 Å². The maximum Gasteiger partial charge on any atom is 0.136 e. The summed E-state index contributed by atoms with van der Waals surface area (Å²) >= 11 is 0. The molecule has 0 rings (SSSR count). The van der Waals surface area contributed by atoms with E-state index in [4.69, 9.17) is 0 Å². The number of quaternary nitrogens is 1. The largest absolute Gasteiger partial charge is 0.530 e. The van der Waals surface area contributed by atoms with Gasteiger partial charge in [0.05, 0.1) is 6.54 Å². The molecule has 4 heteroatoms. The molecule has 0 radical (unpaired) electrons. The highest BCUT2D eigenvalue weighted by atomic mass is 16.4. The molecule has 0 saturated carbocycles. The summed E-state index contributed by atoms with van der Waals surface area (Å²) in [6.45, 7) is 10.7. The van der Waals surface area contributed by atoms with Gasteiger partial charge in [-0.2, -0.15) is 0 Å². The zero-order chi connectivity index (χ0) is 16.5. The molecule has 0 aromatic heterocycles. The summed E-state index contributed by atoms with van der Waals surface area (Å²) in [5.41, 5.74) is 3.91. The number of carboxylic acid groups (broad SMARTS) is 1. The van der Waals surface area contributed by atoms with Gasteiger partial charge >= 0.3 is 0 Å². The van der Waals surface area contributed by atoms with Crippen LogP contribution in [-0.4, -0.2) is 30.6 Å². The van der Waals surface area contributed by atoms with Gasteiger partial charge in [-0.15, -0.1) is 0 Å². The van der Waals surface area contributed by atoms with Gasteiger partial charge < -0.3 is 20.5 Å². The number of carbonyl (C=O) groups is 1. The summed E-state index contributed by atoms with van der Waals surface area (Å²) in [6.07, 6.45) is 8.79. The Balaban J connectivity index is 0. The molecule has 21 heavy (non-hydrogen) atoms. The van der Waals surface area contributed by atoms with Crippen molar-refractivity contribution in [3.05, 3.63) is 0 Å². The lowest BCUT2D eigenvalue weighted by Gasteiger charge is -2.22. The Kier molecular flexibility index (Phi) is 18.5. The average Bonchev–Trinajstić information content (AvgIpc) is 2.49. The molecule has 1 unspecified atom stereocenters. The lowest BCUT2D eigenvalue weighted by atomic mass is 10.00. The van der Waals surface area contributed by atoms with Crippen LogP contribution in [0, 0.1) is 5.92 Å². The number of amides is 1. The maximum absolute atomic E-state index is 10.4. The monoisotopic (exact) mass is 302 g/mol. The molecular formula is C17H38N2O2. The molecule has 0 aliphatic heterocycles. The molecule has 0 fully saturated rings. The van der Waals surface area contributed by atoms with Crippen molar-refractivity contribution in [2.75, 3.05) is 19.6 Å². The van der Waals surface area contributed by atoms with E-state index in [0.717, 1.165) is 25.3 Å². The zero-order valence-electron chi connectivity index (χ0n) is 14.8. The van der Waals surface area contributed by atoms with Crippen LogP contribution >= 0.6 is 0 Å². The van der Waals surface area contributed by atoms with Gasteiger partial charge in [-0.05, 0) is 26.2 Å². The molecule has 0 aromatic rings. The third-order valence-electron chi connectivity index (χ3n) is 3.87. The molecule has 0 saturated heterocycles. The summed E-state index contributed by atoms with van der Waals surface area (Å²) in [6, 6.07) is 0. The van der Waals surface area contributed by atoms with E-state index in [9.17, 15) is 9.90 Å². The molecular weight excluding hydrogens is 264 g/mol. The van der Waals surface area contributed by atoms with Crippen LogP contribution in [0.4, 0.5) is 4.79 Å². The Hall–Kier alpha value is -0.770. The third-order valence-corrected chi connectivity index (χ3v) is 3.87. The standard InChI is InChI=1S/C9H19NO2.C8H19N/c1-3-5-6-7-8-10(4-2)9(11)12;1-3-5-6-8(4-2)7-9/h3-8H2,1-2H3,(H,11,12);8H,3-7,9H2,1-2H3. The van der Waals surface area contributed by atoms with Crippen LogP contribution in [0.1, 0.15) is 79.1 Å². The van der Waals surface area contributed by atoms with Gasteiger partial charge in [-0.1, -0.05) is 52.9 Å². The zero-order valence-corrected chi connectivity index (χ0v) is 14.8. The van der Waals surface area contributed by atoms with Gasteiger partial charge in [0.15, 0.2) is 0 Å². The first-order valence-electron chi connectivity index (χ1n) is 8.82. The van der Waals surface area contributed by atoms with Crippen LogP contribution in [0.5, 0.6) is 0 Å². The van der Waals surface area contributed by atoms with Gasteiger partial charge in [-0.3, -0.25) is 0 Å². The lowest BCUT2D eigenvalue weighted by Crippen LogP contribution is -2.53. The van der Waals surface area contributed by atoms with Gasteiger partial charge in [0.2, 0.25) is 0 Å². The number of hydrogen-bond acceptors (Lipinski definition) is 2. The minimum atomic E-state index is -1.05. The predicted molar refractivity (Wildman–Crippen MR) is 87.8 cm³/mol. The van der Waals surface area contributed by atoms with Crippen LogP contribution < -0.4 is 10.8 Å². The van der Waals surface area contributed by atoms with Crippen LogP contribution in [0.25, 0.3) is 0 Å². The van der Waals surface area contributed by atoms with E-state index < -0.39 is 6.09 Å². The van der Waals surface area contributed by atoms with Crippen LogP contribution in [0.2, 0.25) is 0 Å². The SMILES string of the molecule is CCCCC(CC)C[NH3+].CCCCCCN(CC)C(=O)[O-]. The second-order valence-corrected chi connectivity index (χ2v) is 5.61. The fourth-order valence-corrected chi connectivity index (χ4v) is 2.15. The quantitative estimate of drug-likeness (QED) is 0.596. The highest BCUT2D eigenvalue weighted by Crippen LogP contribution is 2.09. The molecule has 1 amide bonds. The van der Waals surface area contributed by atoms with Crippen LogP contribution in [0.15, 0.2) is 0 Å². The van der Waals surface area contributed by atoms with Crippen molar-refractivity contribution in [3.8, 4) is 0 Å². The van der Waals surface area contributed by atoms with Crippen molar-refractivity contribution < 1.29 is 15.6 Å². The minimum Gasteiger partial charge on any atom is -0.530 e. The Labute approximate surface area is 132 Å². The van der Waals surface area contributed by atoms with Gasteiger partial charge in [0.25, 0.3) is 0 Å². The predicted octanol–water partition coefficient (Wildman–Crippen LogP) is 2.68. The molecule has 0 heterocycles. The van der Waals surface area contributed by atoms with Gasteiger partial charge in [0, 0.05) is 19.0 Å². The smallest absolute Gasteiger partial charge is 0.136 e. The molecule has 0 aromatic carbocycles. The maximum atomic E-state index is 10.4. The highest BCUT2D eigenvalue weighted by molar-refractivity contribution is 5.62. The van der Waals surface area contributed by atoms with Crippen molar-refractivity contribution in [1.82, 2.24) is 4.90 Å². The van der Waals surface area contributed by atoms with Gasteiger partial charge in [0.1, 0.15) is 6.09 Å². The molecule has 0 bridgehead atoms. The molecule has 0 aliphatic carbocycles. The fraction of sp³-hybridized carbons (Fsp3) is 0.941. The van der Waals surface area contributed by atoms with E-state index in [1.807, 2.05) is 6.92 Å². The van der Waals surface area contributed by atoms with Crippen molar-refractivity contribution >= 4 is 6.09 Å². The second-order valence-electron chi connectivity index (χ2n) is 5.61. The third kappa shape index (κ3) is 15.4. The van der Waals surface area contributed by atoms with Crippen molar-refractivity contribution in [2.24, 2.45) is 5.92 Å². The first-order valence-corrected chi connectivity index (χ1v) is 8.82. The van der Waals surface area contributed by atoms with Crippen LogP contribution in [0.3, 0.4) is 0 Å². The second kappa shape index (κ2) is 17.3. The molecule has 128 valence electrons. The number of hydrogen-bond donors (Lipinski definition) is 1. The van der Waals surface area contributed by atoms with Crippen molar-refractivity contribution in [1.29, 1.82) is 0 Å². The summed E-state index contributed by atoms with van der Waals surface area (Å²) in [5, 5.41) is 10.4. The average molecular weight is 303 g/mol. The Morgan fingerprint density at radius 1 is 1.05 bits per heavy atom. The molecule has 0 aliphatic rings. The number of carbonyl (C=O) groups excluding carboxylic acids is 1. The Bertz CT molecular complexity index is 219.